The number of hydrogen-bond donors (Lipinski definition) is 0. The lowest BCUT2D eigenvalue weighted by Crippen LogP contribution is -2.39. The summed E-state index contributed by atoms with van der Waals surface area (Å²) >= 11 is 0. The molecule has 180 valence electrons. The van der Waals surface area contributed by atoms with Crippen LogP contribution in [0.4, 0.5) is 10.1 Å². The molecule has 2 aliphatic rings. The molecule has 1 saturated heterocycles. The molecule has 8 nitrogen and oxygen atoms in total. The maximum Gasteiger partial charge on any atom is 0.299 e. The van der Waals surface area contributed by atoms with Crippen molar-refractivity contribution in [2.45, 2.75) is 30.3 Å². The Morgan fingerprint density at radius 2 is 1.86 bits per heavy atom. The summed E-state index contributed by atoms with van der Waals surface area (Å²) in [5.41, 5.74) is 0.768. The van der Waals surface area contributed by atoms with Crippen LogP contribution >= 0.6 is 0 Å². The maximum absolute atomic E-state index is 13.5. The van der Waals surface area contributed by atoms with E-state index >= 15 is 0 Å². The van der Waals surface area contributed by atoms with Crippen LogP contribution in [0.3, 0.4) is 0 Å². The number of nitrogens with zero attached hydrogens (tertiary/aromatic N) is 3. The number of carbonyl (C=O) groups is 2. The smallest absolute Gasteiger partial charge is 0.299 e. The molecule has 1 atom stereocenters. The van der Waals surface area contributed by atoms with E-state index in [2.05, 4.69) is 4.98 Å². The molecule has 0 spiro atoms. The highest BCUT2D eigenvalue weighted by molar-refractivity contribution is 7.89. The molecular formula is C25H22FN3O5S. The first-order valence-corrected chi connectivity index (χ1v) is 12.6. The van der Waals surface area contributed by atoms with Crippen LogP contribution < -0.4 is 9.64 Å². The highest BCUT2D eigenvalue weighted by Crippen LogP contribution is 2.34. The van der Waals surface area contributed by atoms with Gasteiger partial charge in [0.1, 0.15) is 12.4 Å². The Hall–Kier alpha value is -3.63. The summed E-state index contributed by atoms with van der Waals surface area (Å²) < 4.78 is 47.6. The van der Waals surface area contributed by atoms with Gasteiger partial charge in [-0.05, 0) is 60.9 Å². The predicted octanol–water partition coefficient (Wildman–Crippen LogP) is 3.18. The lowest BCUT2D eigenvalue weighted by Gasteiger charge is -2.24. The summed E-state index contributed by atoms with van der Waals surface area (Å²) in [6.07, 6.45) is 2.63. The number of aromatic nitrogens is 1. The van der Waals surface area contributed by atoms with Crippen LogP contribution in [-0.4, -0.2) is 48.6 Å². The molecule has 5 rings (SSSR count). The fraction of sp³-hybridized carbons (Fsp3) is 0.240. The van der Waals surface area contributed by atoms with Gasteiger partial charge in [0, 0.05) is 12.7 Å². The number of halogens is 1. The first-order chi connectivity index (χ1) is 16.8. The number of fused-ring (bicyclic) bond motifs is 1. The van der Waals surface area contributed by atoms with Crippen LogP contribution in [0.5, 0.6) is 5.75 Å². The average molecular weight is 496 g/mol. The number of anilines is 1. The normalized spacial score (nSPS) is 18.2. The van der Waals surface area contributed by atoms with Crippen LogP contribution in [-0.2, 0) is 21.4 Å². The van der Waals surface area contributed by atoms with Gasteiger partial charge in [-0.3, -0.25) is 9.59 Å². The van der Waals surface area contributed by atoms with Gasteiger partial charge in [0.2, 0.25) is 16.0 Å². The number of rotatable bonds is 7. The number of benzene rings is 2. The Balaban J connectivity index is 1.38. The number of hydrogen-bond acceptors (Lipinski definition) is 6. The molecule has 1 unspecified atom stereocenters. The molecule has 0 bridgehead atoms. The molecule has 3 heterocycles. The Kier molecular flexibility index (Phi) is 6.08. The van der Waals surface area contributed by atoms with E-state index in [1.54, 1.807) is 6.07 Å². The van der Waals surface area contributed by atoms with Gasteiger partial charge in [-0.25, -0.2) is 13.4 Å². The van der Waals surface area contributed by atoms with Crippen molar-refractivity contribution in [3.8, 4) is 5.75 Å². The van der Waals surface area contributed by atoms with Crippen molar-refractivity contribution in [3.05, 3.63) is 83.9 Å². The van der Waals surface area contributed by atoms with Crippen molar-refractivity contribution in [3.63, 3.8) is 0 Å². The lowest BCUT2D eigenvalue weighted by atomic mass is 10.1. The minimum atomic E-state index is -3.92. The molecule has 35 heavy (non-hydrogen) atoms. The second kappa shape index (κ2) is 9.20. The largest absolute Gasteiger partial charge is 0.492 e. The molecule has 0 N–H and O–H groups in total. The number of sulfonamides is 1. The average Bonchev–Trinajstić information content (AvgIpc) is 3.43. The second-order valence-corrected chi connectivity index (χ2v) is 10.3. The minimum Gasteiger partial charge on any atom is -0.492 e. The summed E-state index contributed by atoms with van der Waals surface area (Å²) in [4.78, 5) is 30.0. The second-order valence-electron chi connectivity index (χ2n) is 8.42. The predicted molar refractivity (Wildman–Crippen MR) is 125 cm³/mol. The van der Waals surface area contributed by atoms with Crippen molar-refractivity contribution in [1.82, 2.24) is 9.29 Å². The molecular weight excluding hydrogens is 473 g/mol. The number of pyridine rings is 1. The van der Waals surface area contributed by atoms with E-state index in [-0.39, 0.29) is 29.7 Å². The summed E-state index contributed by atoms with van der Waals surface area (Å²) in [5.74, 6) is -1.62. The Labute approximate surface area is 202 Å². The molecule has 0 saturated carbocycles. The van der Waals surface area contributed by atoms with Gasteiger partial charge in [-0.1, -0.05) is 18.2 Å². The quantitative estimate of drug-likeness (QED) is 0.369. The van der Waals surface area contributed by atoms with Crippen molar-refractivity contribution in [1.29, 1.82) is 0 Å². The maximum atomic E-state index is 13.5. The fourth-order valence-electron chi connectivity index (χ4n) is 4.46. The van der Waals surface area contributed by atoms with Gasteiger partial charge >= 0.3 is 0 Å². The topological polar surface area (TPSA) is 96.9 Å². The fourth-order valence-corrected chi connectivity index (χ4v) is 6.16. The first kappa shape index (κ1) is 23.1. The third kappa shape index (κ3) is 4.42. The zero-order chi connectivity index (χ0) is 24.6. The number of ether oxygens (including phenoxy) is 1. The summed E-state index contributed by atoms with van der Waals surface area (Å²) in [6.45, 7) is 0.519. The number of para-hydroxylation sites is 1. The molecule has 2 aromatic carbocycles. The van der Waals surface area contributed by atoms with E-state index in [9.17, 15) is 22.4 Å². The third-order valence-electron chi connectivity index (χ3n) is 6.19. The van der Waals surface area contributed by atoms with Gasteiger partial charge in [0.25, 0.3) is 11.7 Å². The van der Waals surface area contributed by atoms with Crippen LogP contribution in [0, 0.1) is 5.95 Å². The van der Waals surface area contributed by atoms with Crippen LogP contribution in [0.15, 0.2) is 71.8 Å². The van der Waals surface area contributed by atoms with Crippen molar-refractivity contribution in [2.75, 3.05) is 18.1 Å². The van der Waals surface area contributed by atoms with Crippen LogP contribution in [0.25, 0.3) is 0 Å². The van der Waals surface area contributed by atoms with Gasteiger partial charge < -0.3 is 9.64 Å². The summed E-state index contributed by atoms with van der Waals surface area (Å²) in [5, 5.41) is 0. The first-order valence-electron chi connectivity index (χ1n) is 11.1. The highest BCUT2D eigenvalue weighted by atomic mass is 32.2. The van der Waals surface area contributed by atoms with Gasteiger partial charge in [-0.2, -0.15) is 8.70 Å². The molecule has 10 heteroatoms. The molecule has 3 aromatic rings. The number of amides is 1. The van der Waals surface area contributed by atoms with E-state index in [1.807, 2.05) is 30.3 Å². The van der Waals surface area contributed by atoms with Crippen molar-refractivity contribution >= 4 is 27.4 Å². The molecule has 1 amide bonds. The molecule has 1 aromatic heterocycles. The summed E-state index contributed by atoms with van der Waals surface area (Å²) in [6, 6.07) is 15.7. The molecule has 2 aliphatic heterocycles. The molecule has 1 fully saturated rings. The van der Waals surface area contributed by atoms with E-state index < -0.39 is 27.7 Å². The zero-order valence-electron chi connectivity index (χ0n) is 18.6. The number of Topliss-reactive ketones (excluding diaryl/α,β-unsaturated/α-hetero) is 1. The van der Waals surface area contributed by atoms with Gasteiger partial charge in [-0.15, -0.1) is 0 Å². The van der Waals surface area contributed by atoms with Crippen molar-refractivity contribution < 1.29 is 27.1 Å². The number of carbonyl (C=O) groups excluding carboxylic acids is 2. The van der Waals surface area contributed by atoms with Crippen LogP contribution in [0.1, 0.15) is 28.8 Å². The Bertz CT molecular complexity index is 1400. The third-order valence-corrected chi connectivity index (χ3v) is 8.14. The molecule has 0 radical (unpaired) electrons. The van der Waals surface area contributed by atoms with E-state index in [0.29, 0.717) is 36.4 Å². The SMILES string of the molecule is O=C1C(=O)N(Cc2ccnc(F)c2)c2ccc(S(=O)(=O)N3CCCC3COc3ccccc3)cc21. The Morgan fingerprint density at radius 3 is 2.63 bits per heavy atom. The van der Waals surface area contributed by atoms with Gasteiger partial charge in [0.15, 0.2) is 0 Å². The van der Waals surface area contributed by atoms with E-state index in [1.165, 1.54) is 39.7 Å². The monoisotopic (exact) mass is 495 g/mol. The molecule has 0 aliphatic carbocycles. The standard InChI is InChI=1S/C25H22FN3O5S/c26-23-13-17(10-11-27-23)15-28-22-9-8-20(14-21(22)24(30)25(28)31)35(32,33)29-12-4-5-18(29)16-34-19-6-2-1-3-7-19/h1-3,6-11,13-14,18H,4-5,12,15-16H2. The van der Waals surface area contributed by atoms with Gasteiger partial charge in [0.05, 0.1) is 28.7 Å². The Morgan fingerprint density at radius 1 is 1.06 bits per heavy atom. The zero-order valence-corrected chi connectivity index (χ0v) is 19.4. The number of ketones is 1. The van der Waals surface area contributed by atoms with Crippen LogP contribution in [0.2, 0.25) is 0 Å². The van der Waals surface area contributed by atoms with E-state index in [0.717, 1.165) is 0 Å². The lowest BCUT2D eigenvalue weighted by molar-refractivity contribution is -0.114. The van der Waals surface area contributed by atoms with Crippen molar-refractivity contribution in [2.24, 2.45) is 0 Å². The van der Waals surface area contributed by atoms with E-state index in [4.69, 9.17) is 4.74 Å². The minimum absolute atomic E-state index is 0.0156. The summed E-state index contributed by atoms with van der Waals surface area (Å²) in [7, 11) is -3.92. The highest BCUT2D eigenvalue weighted by Gasteiger charge is 2.40.